The largest absolute Gasteiger partial charge is 0.378 e. The van der Waals surface area contributed by atoms with E-state index in [0.29, 0.717) is 0 Å². The van der Waals surface area contributed by atoms with Crippen molar-refractivity contribution >= 4 is 11.9 Å². The Hall–Kier alpha value is -1.81. The molecule has 2 rings (SSSR count). The Morgan fingerprint density at radius 2 is 2.00 bits per heavy atom. The first kappa shape index (κ1) is 11.7. The van der Waals surface area contributed by atoms with Gasteiger partial charge in [-0.15, -0.1) is 0 Å². The van der Waals surface area contributed by atoms with Crippen LogP contribution in [0.3, 0.4) is 0 Å². The molecule has 4 heteroatoms. The van der Waals surface area contributed by atoms with Gasteiger partial charge in [0.1, 0.15) is 0 Å². The van der Waals surface area contributed by atoms with Crippen LogP contribution in [-0.4, -0.2) is 37.4 Å². The van der Waals surface area contributed by atoms with Crippen molar-refractivity contribution < 1.29 is 4.74 Å². The number of nitrogens with zero attached hydrogens (tertiary/aromatic N) is 2. The van der Waals surface area contributed by atoms with Gasteiger partial charge in [-0.1, -0.05) is 24.8 Å². The van der Waals surface area contributed by atoms with Crippen LogP contribution in [0.2, 0.25) is 0 Å². The molecule has 17 heavy (non-hydrogen) atoms. The fourth-order valence-corrected chi connectivity index (χ4v) is 1.63. The molecule has 0 aromatic heterocycles. The minimum atomic E-state index is 0.763. The van der Waals surface area contributed by atoms with Crippen LogP contribution >= 0.6 is 0 Å². The molecule has 0 amide bonds. The van der Waals surface area contributed by atoms with E-state index in [0.717, 1.165) is 37.7 Å². The second kappa shape index (κ2) is 6.06. The molecule has 0 radical (unpaired) electrons. The molecule has 1 fully saturated rings. The molecule has 1 aliphatic rings. The van der Waals surface area contributed by atoms with Crippen LogP contribution in [0.1, 0.15) is 0 Å². The van der Waals surface area contributed by atoms with Crippen LogP contribution < -0.4 is 5.43 Å². The van der Waals surface area contributed by atoms with Crippen LogP contribution in [0.25, 0.3) is 0 Å². The Balaban J connectivity index is 1.82. The van der Waals surface area contributed by atoms with Crippen molar-refractivity contribution in [2.75, 3.05) is 31.7 Å². The summed E-state index contributed by atoms with van der Waals surface area (Å²) in [6, 6.07) is 9.84. The van der Waals surface area contributed by atoms with Gasteiger partial charge >= 0.3 is 0 Å². The van der Waals surface area contributed by atoms with Crippen LogP contribution in [-0.2, 0) is 4.74 Å². The van der Waals surface area contributed by atoms with Crippen molar-refractivity contribution in [1.29, 1.82) is 0 Å². The number of anilines is 1. The number of ether oxygens (including phenoxy) is 1. The van der Waals surface area contributed by atoms with Gasteiger partial charge < -0.3 is 9.64 Å². The lowest BCUT2D eigenvalue weighted by atomic mass is 10.3. The van der Waals surface area contributed by atoms with Gasteiger partial charge in [-0.05, 0) is 12.1 Å². The van der Waals surface area contributed by atoms with E-state index in [1.165, 1.54) is 0 Å². The summed E-state index contributed by atoms with van der Waals surface area (Å²) in [5, 5.41) is 4.16. The second-order valence-electron chi connectivity index (χ2n) is 3.83. The van der Waals surface area contributed by atoms with Crippen molar-refractivity contribution in [2.24, 2.45) is 5.10 Å². The molecule has 90 valence electrons. The SMILES string of the molecule is C=C(/C=N/Nc1ccccc1)N1CCOCC1. The number of hydrazone groups is 1. The predicted octanol–water partition coefficient (Wildman–Crippen LogP) is 1.93. The maximum absolute atomic E-state index is 5.28. The molecule has 4 nitrogen and oxygen atoms in total. The quantitative estimate of drug-likeness (QED) is 0.635. The summed E-state index contributed by atoms with van der Waals surface area (Å²) in [4.78, 5) is 2.17. The number of allylic oxidation sites excluding steroid dienone is 1. The second-order valence-corrected chi connectivity index (χ2v) is 3.83. The Kier molecular flexibility index (Phi) is 4.16. The summed E-state index contributed by atoms with van der Waals surface area (Å²) in [6.07, 6.45) is 1.75. The number of morpholine rings is 1. The van der Waals surface area contributed by atoms with Gasteiger partial charge in [-0.3, -0.25) is 5.43 Å². The van der Waals surface area contributed by atoms with E-state index >= 15 is 0 Å². The van der Waals surface area contributed by atoms with E-state index in [9.17, 15) is 0 Å². The number of rotatable bonds is 4. The van der Waals surface area contributed by atoms with Crippen LogP contribution in [0.4, 0.5) is 5.69 Å². The van der Waals surface area contributed by atoms with Crippen molar-refractivity contribution in [3.05, 3.63) is 42.6 Å². The van der Waals surface area contributed by atoms with E-state index in [1.807, 2.05) is 30.3 Å². The number of para-hydroxylation sites is 1. The Bertz CT molecular complexity index is 383. The first-order valence-corrected chi connectivity index (χ1v) is 5.72. The normalized spacial score (nSPS) is 16.1. The fraction of sp³-hybridized carbons (Fsp3) is 0.308. The van der Waals surface area contributed by atoms with Crippen molar-refractivity contribution in [3.8, 4) is 0 Å². The van der Waals surface area contributed by atoms with Gasteiger partial charge in [0, 0.05) is 18.8 Å². The van der Waals surface area contributed by atoms with E-state index in [1.54, 1.807) is 6.21 Å². The van der Waals surface area contributed by atoms with Crippen molar-refractivity contribution in [1.82, 2.24) is 4.90 Å². The third-order valence-corrected chi connectivity index (χ3v) is 2.60. The molecule has 0 spiro atoms. The zero-order valence-electron chi connectivity index (χ0n) is 9.80. The van der Waals surface area contributed by atoms with E-state index in [2.05, 4.69) is 22.0 Å². The monoisotopic (exact) mass is 231 g/mol. The molecule has 1 heterocycles. The Labute approximate surface area is 102 Å². The summed E-state index contributed by atoms with van der Waals surface area (Å²) in [5.41, 5.74) is 4.85. The molecule has 0 aliphatic carbocycles. The first-order chi connectivity index (χ1) is 8.36. The van der Waals surface area contributed by atoms with Gasteiger partial charge in [0.15, 0.2) is 0 Å². The molecule has 1 aromatic carbocycles. The zero-order chi connectivity index (χ0) is 11.9. The molecule has 0 atom stereocenters. The zero-order valence-corrected chi connectivity index (χ0v) is 9.80. The number of benzene rings is 1. The molecular weight excluding hydrogens is 214 g/mol. The highest BCUT2D eigenvalue weighted by Crippen LogP contribution is 2.06. The topological polar surface area (TPSA) is 36.9 Å². The van der Waals surface area contributed by atoms with Crippen molar-refractivity contribution in [3.63, 3.8) is 0 Å². The molecule has 0 unspecified atom stereocenters. The van der Waals surface area contributed by atoms with Gasteiger partial charge in [-0.2, -0.15) is 5.10 Å². The molecule has 1 aromatic rings. The lowest BCUT2D eigenvalue weighted by Gasteiger charge is -2.28. The number of nitrogens with one attached hydrogen (secondary N) is 1. The van der Waals surface area contributed by atoms with Gasteiger partial charge in [0.05, 0.1) is 25.1 Å². The minimum absolute atomic E-state index is 0.763. The Morgan fingerprint density at radius 1 is 1.29 bits per heavy atom. The molecule has 0 saturated carbocycles. The highest BCUT2D eigenvalue weighted by atomic mass is 16.5. The average Bonchev–Trinajstić information content (AvgIpc) is 2.41. The number of hydrogen-bond acceptors (Lipinski definition) is 4. The predicted molar refractivity (Wildman–Crippen MR) is 70.1 cm³/mol. The molecule has 0 bridgehead atoms. The summed E-state index contributed by atoms with van der Waals surface area (Å²) in [6.45, 7) is 7.29. The Morgan fingerprint density at radius 3 is 2.71 bits per heavy atom. The third kappa shape index (κ3) is 3.60. The highest BCUT2D eigenvalue weighted by Gasteiger charge is 2.09. The third-order valence-electron chi connectivity index (χ3n) is 2.60. The summed E-state index contributed by atoms with van der Waals surface area (Å²) in [7, 11) is 0. The van der Waals surface area contributed by atoms with Gasteiger partial charge in [0.25, 0.3) is 0 Å². The number of hydrogen-bond donors (Lipinski definition) is 1. The smallest absolute Gasteiger partial charge is 0.0699 e. The first-order valence-electron chi connectivity index (χ1n) is 5.72. The molecule has 1 N–H and O–H groups in total. The maximum atomic E-state index is 5.28. The fourth-order valence-electron chi connectivity index (χ4n) is 1.63. The summed E-state index contributed by atoms with van der Waals surface area (Å²) < 4.78 is 5.28. The van der Waals surface area contributed by atoms with Crippen LogP contribution in [0, 0.1) is 0 Å². The molecule has 1 aliphatic heterocycles. The van der Waals surface area contributed by atoms with Crippen LogP contribution in [0.15, 0.2) is 47.7 Å². The standard InChI is InChI=1S/C13H17N3O/c1-12(16-7-9-17-10-8-16)11-14-15-13-5-3-2-4-6-13/h2-6,11,15H,1,7-10H2/b14-11+. The average molecular weight is 231 g/mol. The van der Waals surface area contributed by atoms with E-state index < -0.39 is 0 Å². The minimum Gasteiger partial charge on any atom is -0.378 e. The van der Waals surface area contributed by atoms with Gasteiger partial charge in [0.2, 0.25) is 0 Å². The maximum Gasteiger partial charge on any atom is 0.0699 e. The lowest BCUT2D eigenvalue weighted by molar-refractivity contribution is 0.0569. The molecular formula is C13H17N3O. The van der Waals surface area contributed by atoms with Crippen molar-refractivity contribution in [2.45, 2.75) is 0 Å². The molecule has 1 saturated heterocycles. The van der Waals surface area contributed by atoms with E-state index in [-0.39, 0.29) is 0 Å². The lowest BCUT2D eigenvalue weighted by Crippen LogP contribution is -2.35. The van der Waals surface area contributed by atoms with Crippen LogP contribution in [0.5, 0.6) is 0 Å². The highest BCUT2D eigenvalue weighted by molar-refractivity contribution is 5.77. The van der Waals surface area contributed by atoms with E-state index in [4.69, 9.17) is 4.74 Å². The van der Waals surface area contributed by atoms with Gasteiger partial charge in [-0.25, -0.2) is 0 Å². The summed E-state index contributed by atoms with van der Waals surface area (Å²) in [5.74, 6) is 0. The summed E-state index contributed by atoms with van der Waals surface area (Å²) >= 11 is 0.